The van der Waals surface area contributed by atoms with E-state index in [2.05, 4.69) is 25.9 Å². The maximum atomic E-state index is 14.3. The normalized spacial score (nSPS) is 14.4. The van der Waals surface area contributed by atoms with Crippen LogP contribution in [0.5, 0.6) is 5.75 Å². The zero-order valence-electron chi connectivity index (χ0n) is 18.2. The van der Waals surface area contributed by atoms with Crippen molar-refractivity contribution in [2.45, 2.75) is 38.6 Å². The summed E-state index contributed by atoms with van der Waals surface area (Å²) in [4.78, 5) is 8.51. The number of guanidine groups is 1. The number of aromatic nitrogens is 1. The molecule has 1 saturated carbocycles. The predicted octanol–water partition coefficient (Wildman–Crippen LogP) is 4.75. The van der Waals surface area contributed by atoms with Gasteiger partial charge in [-0.2, -0.15) is 0 Å². The van der Waals surface area contributed by atoms with Gasteiger partial charge in [0.05, 0.1) is 12.6 Å². The van der Waals surface area contributed by atoms with Crippen LogP contribution in [0.25, 0.3) is 0 Å². The van der Waals surface area contributed by atoms with Crippen molar-refractivity contribution in [3.63, 3.8) is 0 Å². The Hall–Kier alpha value is -2.10. The smallest absolute Gasteiger partial charge is 0.191 e. The highest BCUT2D eigenvalue weighted by Crippen LogP contribution is 2.30. The molecule has 1 aromatic heterocycles. The van der Waals surface area contributed by atoms with Crippen LogP contribution >= 0.6 is 24.0 Å². The van der Waals surface area contributed by atoms with Crippen LogP contribution in [0.4, 0.5) is 10.2 Å². The molecule has 1 aliphatic rings. The molecule has 0 spiro atoms. The van der Waals surface area contributed by atoms with Crippen molar-refractivity contribution < 1.29 is 9.13 Å². The number of ether oxygens (including phenoxy) is 1. The monoisotopic (exact) mass is 541 g/mol. The number of pyridine rings is 1. The van der Waals surface area contributed by atoms with Gasteiger partial charge in [-0.1, -0.05) is 12.1 Å². The number of unbranched alkanes of at least 4 members (excludes halogenated alkanes) is 1. The van der Waals surface area contributed by atoms with E-state index in [9.17, 15) is 4.39 Å². The quantitative estimate of drug-likeness (QED) is 0.166. The van der Waals surface area contributed by atoms with E-state index in [1.165, 1.54) is 18.9 Å². The zero-order valence-corrected chi connectivity index (χ0v) is 20.6. The maximum absolute atomic E-state index is 14.3. The van der Waals surface area contributed by atoms with Crippen LogP contribution in [-0.4, -0.2) is 37.7 Å². The number of hydrogen-bond donors (Lipinski definition) is 3. The molecule has 1 atom stereocenters. The molecule has 0 saturated heterocycles. The fraction of sp³-hybridized carbons (Fsp3) is 0.478. The molecule has 31 heavy (non-hydrogen) atoms. The Morgan fingerprint density at radius 3 is 2.71 bits per heavy atom. The van der Waals surface area contributed by atoms with Gasteiger partial charge in [0.15, 0.2) is 17.5 Å². The molecule has 1 heterocycles. The SMILES string of the molecule is CN=C(NCCCCNc1ccccn1)NC(C)c1ccc(OCC2CC2)c(F)c1.I. The highest BCUT2D eigenvalue weighted by atomic mass is 127. The number of nitrogens with one attached hydrogen (secondary N) is 3. The van der Waals surface area contributed by atoms with Crippen LogP contribution in [0.1, 0.15) is 44.2 Å². The van der Waals surface area contributed by atoms with Gasteiger partial charge in [-0.3, -0.25) is 4.99 Å². The molecule has 6 nitrogen and oxygen atoms in total. The van der Waals surface area contributed by atoms with Gasteiger partial charge in [-0.25, -0.2) is 9.37 Å². The van der Waals surface area contributed by atoms with Crippen molar-refractivity contribution in [3.8, 4) is 5.75 Å². The van der Waals surface area contributed by atoms with E-state index in [1.54, 1.807) is 19.3 Å². The van der Waals surface area contributed by atoms with Crippen LogP contribution in [0.15, 0.2) is 47.6 Å². The Morgan fingerprint density at radius 1 is 1.23 bits per heavy atom. The minimum absolute atomic E-state index is 0. The number of hydrogen-bond acceptors (Lipinski definition) is 4. The standard InChI is InChI=1S/C23H32FN5O.HI/c1-17(19-10-11-21(20(24)15-19)30-16-18-8-9-18)29-23(25-2)28-14-6-5-13-27-22-7-3-4-12-26-22;/h3-4,7,10-12,15,17-18H,5-6,8-9,13-14,16H2,1-2H3,(H,26,27)(H2,25,28,29);1H. The summed E-state index contributed by atoms with van der Waals surface area (Å²) in [5.41, 5.74) is 0.855. The summed E-state index contributed by atoms with van der Waals surface area (Å²) >= 11 is 0. The first kappa shape index (κ1) is 25.2. The Labute approximate surface area is 201 Å². The van der Waals surface area contributed by atoms with Gasteiger partial charge in [0.2, 0.25) is 0 Å². The molecular formula is C23H33FIN5O. The van der Waals surface area contributed by atoms with E-state index in [-0.39, 0.29) is 35.8 Å². The van der Waals surface area contributed by atoms with Crippen molar-refractivity contribution in [3.05, 3.63) is 54.0 Å². The summed E-state index contributed by atoms with van der Waals surface area (Å²) in [6, 6.07) is 10.9. The Balaban J connectivity index is 0.00000341. The highest BCUT2D eigenvalue weighted by molar-refractivity contribution is 14.0. The van der Waals surface area contributed by atoms with E-state index in [4.69, 9.17) is 4.74 Å². The van der Waals surface area contributed by atoms with E-state index >= 15 is 0 Å². The minimum atomic E-state index is -0.315. The van der Waals surface area contributed by atoms with E-state index in [0.29, 0.717) is 24.2 Å². The lowest BCUT2D eigenvalue weighted by Crippen LogP contribution is -2.39. The molecule has 170 valence electrons. The number of anilines is 1. The summed E-state index contributed by atoms with van der Waals surface area (Å²) in [7, 11) is 1.74. The lowest BCUT2D eigenvalue weighted by Gasteiger charge is -2.19. The van der Waals surface area contributed by atoms with Crippen molar-refractivity contribution >= 4 is 35.8 Å². The van der Waals surface area contributed by atoms with Gasteiger partial charge in [-0.05, 0) is 68.4 Å². The van der Waals surface area contributed by atoms with Gasteiger partial charge in [0.1, 0.15) is 5.82 Å². The van der Waals surface area contributed by atoms with Gasteiger partial charge in [0, 0.05) is 26.3 Å². The lowest BCUT2D eigenvalue weighted by molar-refractivity contribution is 0.285. The maximum Gasteiger partial charge on any atom is 0.191 e. The third-order valence-electron chi connectivity index (χ3n) is 5.07. The molecule has 0 amide bonds. The Kier molecular flexibility index (Phi) is 10.8. The van der Waals surface area contributed by atoms with E-state index in [1.807, 2.05) is 31.2 Å². The second-order valence-corrected chi connectivity index (χ2v) is 7.66. The largest absolute Gasteiger partial charge is 0.490 e. The number of benzene rings is 1. The average molecular weight is 541 g/mol. The van der Waals surface area contributed by atoms with Crippen LogP contribution in [0, 0.1) is 11.7 Å². The van der Waals surface area contributed by atoms with Crippen molar-refractivity contribution in [2.75, 3.05) is 32.1 Å². The minimum Gasteiger partial charge on any atom is -0.490 e. The van der Waals surface area contributed by atoms with Gasteiger partial charge in [0.25, 0.3) is 0 Å². The molecule has 0 radical (unpaired) electrons. The predicted molar refractivity (Wildman–Crippen MR) is 135 cm³/mol. The van der Waals surface area contributed by atoms with Gasteiger partial charge < -0.3 is 20.7 Å². The number of aliphatic imine (C=N–C) groups is 1. The summed E-state index contributed by atoms with van der Waals surface area (Å²) < 4.78 is 19.9. The first-order chi connectivity index (χ1) is 14.7. The average Bonchev–Trinajstić information content (AvgIpc) is 3.59. The molecule has 0 aliphatic heterocycles. The number of nitrogens with zero attached hydrogens (tertiary/aromatic N) is 2. The van der Waals surface area contributed by atoms with Crippen LogP contribution in [0.3, 0.4) is 0 Å². The fourth-order valence-corrected chi connectivity index (χ4v) is 3.02. The molecule has 0 bridgehead atoms. The van der Waals surface area contributed by atoms with Crippen molar-refractivity contribution in [1.29, 1.82) is 0 Å². The first-order valence-corrected chi connectivity index (χ1v) is 10.7. The summed E-state index contributed by atoms with van der Waals surface area (Å²) in [6.07, 6.45) is 6.17. The Morgan fingerprint density at radius 2 is 2.03 bits per heavy atom. The first-order valence-electron chi connectivity index (χ1n) is 10.7. The fourth-order valence-electron chi connectivity index (χ4n) is 3.02. The van der Waals surface area contributed by atoms with Crippen LogP contribution in [0.2, 0.25) is 0 Å². The topological polar surface area (TPSA) is 70.6 Å². The van der Waals surface area contributed by atoms with E-state index < -0.39 is 0 Å². The zero-order chi connectivity index (χ0) is 21.2. The summed E-state index contributed by atoms with van der Waals surface area (Å²) in [5.74, 6) is 2.22. The van der Waals surface area contributed by atoms with Crippen molar-refractivity contribution in [1.82, 2.24) is 15.6 Å². The number of rotatable bonds is 11. The summed E-state index contributed by atoms with van der Waals surface area (Å²) in [6.45, 7) is 4.27. The molecule has 2 aromatic rings. The molecule has 1 unspecified atom stereocenters. The number of halogens is 2. The molecule has 8 heteroatoms. The van der Waals surface area contributed by atoms with Crippen molar-refractivity contribution in [2.24, 2.45) is 10.9 Å². The second-order valence-electron chi connectivity index (χ2n) is 7.66. The third-order valence-corrected chi connectivity index (χ3v) is 5.07. The molecule has 1 aliphatic carbocycles. The summed E-state index contributed by atoms with van der Waals surface area (Å²) in [5, 5.41) is 9.92. The lowest BCUT2D eigenvalue weighted by atomic mass is 10.1. The third kappa shape index (κ3) is 8.88. The molecule has 1 fully saturated rings. The molecule has 3 N–H and O–H groups in total. The molecular weight excluding hydrogens is 508 g/mol. The van der Waals surface area contributed by atoms with Gasteiger partial charge in [-0.15, -0.1) is 24.0 Å². The van der Waals surface area contributed by atoms with Crippen LogP contribution in [-0.2, 0) is 0 Å². The second kappa shape index (κ2) is 13.3. The Bertz CT molecular complexity index is 817. The molecule has 1 aromatic carbocycles. The van der Waals surface area contributed by atoms with Crippen LogP contribution < -0.4 is 20.7 Å². The van der Waals surface area contributed by atoms with Gasteiger partial charge >= 0.3 is 0 Å². The van der Waals surface area contributed by atoms with E-state index in [0.717, 1.165) is 37.3 Å². The molecule has 3 rings (SSSR count). The highest BCUT2D eigenvalue weighted by Gasteiger charge is 2.22.